The second kappa shape index (κ2) is 9.50. The van der Waals surface area contributed by atoms with Gasteiger partial charge in [0.1, 0.15) is 5.75 Å². The number of fused-ring (bicyclic) bond motifs is 1. The lowest BCUT2D eigenvalue weighted by atomic mass is 10.1. The highest BCUT2D eigenvalue weighted by atomic mass is 79.9. The van der Waals surface area contributed by atoms with Gasteiger partial charge in [-0.3, -0.25) is 10.1 Å². The van der Waals surface area contributed by atoms with E-state index in [9.17, 15) is 9.59 Å². The Labute approximate surface area is 190 Å². The third-order valence-electron chi connectivity index (χ3n) is 4.04. The summed E-state index contributed by atoms with van der Waals surface area (Å²) in [6, 6.07) is 8.63. The fourth-order valence-electron chi connectivity index (χ4n) is 2.79. The van der Waals surface area contributed by atoms with Crippen molar-refractivity contribution in [2.45, 2.75) is 13.8 Å². The molecule has 1 heterocycles. The van der Waals surface area contributed by atoms with Crippen LogP contribution in [-0.2, 0) is 4.74 Å². The molecule has 2 N–H and O–H groups in total. The van der Waals surface area contributed by atoms with Crippen molar-refractivity contribution in [1.82, 2.24) is 10.3 Å². The second-order valence-corrected chi connectivity index (χ2v) is 8.49. The van der Waals surface area contributed by atoms with Gasteiger partial charge >= 0.3 is 5.97 Å². The molecule has 2 aromatic carbocycles. The molecule has 0 saturated heterocycles. The normalized spacial score (nSPS) is 10.5. The molecular weight excluding hydrogens is 490 g/mol. The predicted octanol–water partition coefficient (Wildman–Crippen LogP) is 4.68. The van der Waals surface area contributed by atoms with E-state index in [0.29, 0.717) is 34.1 Å². The van der Waals surface area contributed by atoms with Gasteiger partial charge in [-0.2, -0.15) is 0 Å². The van der Waals surface area contributed by atoms with E-state index < -0.39 is 5.91 Å². The molecule has 0 unspecified atom stereocenters. The largest absolute Gasteiger partial charge is 0.496 e. The molecule has 0 bridgehead atoms. The average molecular weight is 508 g/mol. The first kappa shape index (κ1) is 22.1. The molecular formula is C20H18BrN3O4S2. The standard InChI is InChI=1S/C20H18BrN3O4S2/c1-4-28-18(26)11-5-6-14-15(8-11)30-20(22-14)24-19(29)23-17(25)13-9-12(21)7-10(2)16(13)27-3/h5-9H,4H2,1-3H3,(H2,22,23,24,25,29). The Hall–Kier alpha value is -2.56. The fraction of sp³-hybridized carbons (Fsp3) is 0.200. The van der Waals surface area contributed by atoms with Gasteiger partial charge in [-0.1, -0.05) is 27.3 Å². The van der Waals surface area contributed by atoms with Crippen molar-refractivity contribution < 1.29 is 19.1 Å². The third kappa shape index (κ3) is 4.94. The Morgan fingerprint density at radius 1 is 1.27 bits per heavy atom. The first-order chi connectivity index (χ1) is 14.3. The summed E-state index contributed by atoms with van der Waals surface area (Å²) in [5.74, 6) is -0.312. The Morgan fingerprint density at radius 3 is 2.73 bits per heavy atom. The number of esters is 1. The zero-order chi connectivity index (χ0) is 21.8. The van der Waals surface area contributed by atoms with Crippen molar-refractivity contribution in [3.05, 3.63) is 51.5 Å². The molecule has 3 rings (SSSR count). The number of thiocarbonyl (C=S) groups is 1. The van der Waals surface area contributed by atoms with Gasteiger partial charge < -0.3 is 14.8 Å². The molecule has 10 heteroatoms. The predicted molar refractivity (Wildman–Crippen MR) is 125 cm³/mol. The van der Waals surface area contributed by atoms with Crippen LogP contribution in [0.5, 0.6) is 5.75 Å². The summed E-state index contributed by atoms with van der Waals surface area (Å²) in [6.45, 7) is 3.91. The summed E-state index contributed by atoms with van der Waals surface area (Å²) in [5, 5.41) is 6.14. The third-order valence-corrected chi connectivity index (χ3v) is 5.63. The molecule has 0 saturated carbocycles. The minimum atomic E-state index is -0.403. The molecule has 1 aromatic heterocycles. The van der Waals surface area contributed by atoms with E-state index in [1.165, 1.54) is 18.4 Å². The maximum atomic E-state index is 12.7. The van der Waals surface area contributed by atoms with Crippen LogP contribution in [0.2, 0.25) is 0 Å². The highest BCUT2D eigenvalue weighted by Crippen LogP contribution is 2.29. The molecule has 30 heavy (non-hydrogen) atoms. The van der Waals surface area contributed by atoms with Crippen LogP contribution in [0.4, 0.5) is 5.13 Å². The fourth-order valence-corrected chi connectivity index (χ4v) is 4.52. The van der Waals surface area contributed by atoms with Gasteiger partial charge in [0.05, 0.1) is 35.1 Å². The van der Waals surface area contributed by atoms with Gasteiger partial charge in [0.15, 0.2) is 10.2 Å². The van der Waals surface area contributed by atoms with E-state index >= 15 is 0 Å². The Bertz CT molecular complexity index is 1150. The van der Waals surface area contributed by atoms with Crippen LogP contribution in [0.3, 0.4) is 0 Å². The molecule has 156 valence electrons. The Balaban J connectivity index is 1.74. The SMILES string of the molecule is CCOC(=O)c1ccc2nc(NC(=S)NC(=O)c3cc(Br)cc(C)c3OC)sc2c1. The number of carbonyl (C=O) groups is 2. The van der Waals surface area contributed by atoms with Crippen molar-refractivity contribution in [3.8, 4) is 5.75 Å². The van der Waals surface area contributed by atoms with E-state index in [-0.39, 0.29) is 11.1 Å². The Kier molecular flexibility index (Phi) is 7.01. The topological polar surface area (TPSA) is 89.5 Å². The minimum absolute atomic E-state index is 0.101. The summed E-state index contributed by atoms with van der Waals surface area (Å²) in [6.07, 6.45) is 0. The van der Waals surface area contributed by atoms with Crippen LogP contribution in [0, 0.1) is 6.92 Å². The van der Waals surface area contributed by atoms with Crippen LogP contribution in [0.1, 0.15) is 33.2 Å². The molecule has 0 fully saturated rings. The van der Waals surface area contributed by atoms with Crippen molar-refractivity contribution >= 4 is 71.8 Å². The van der Waals surface area contributed by atoms with Crippen molar-refractivity contribution in [2.75, 3.05) is 19.0 Å². The lowest BCUT2D eigenvalue weighted by Gasteiger charge is -2.13. The smallest absolute Gasteiger partial charge is 0.338 e. The number of amides is 1. The van der Waals surface area contributed by atoms with Gasteiger partial charge in [-0.05, 0) is 62.0 Å². The zero-order valence-corrected chi connectivity index (χ0v) is 19.6. The van der Waals surface area contributed by atoms with Crippen LogP contribution in [0.25, 0.3) is 10.2 Å². The van der Waals surface area contributed by atoms with Crippen LogP contribution in [-0.4, -0.2) is 35.7 Å². The number of halogens is 1. The molecule has 0 aliphatic rings. The van der Waals surface area contributed by atoms with E-state index in [2.05, 4.69) is 31.5 Å². The molecule has 0 aliphatic carbocycles. The quantitative estimate of drug-likeness (QED) is 0.382. The number of nitrogens with one attached hydrogen (secondary N) is 2. The number of rotatable bonds is 5. The van der Waals surface area contributed by atoms with Crippen molar-refractivity contribution in [3.63, 3.8) is 0 Å². The summed E-state index contributed by atoms with van der Waals surface area (Å²) < 4.78 is 11.9. The molecule has 0 radical (unpaired) electrons. The van der Waals surface area contributed by atoms with Gasteiger partial charge in [-0.25, -0.2) is 9.78 Å². The maximum absolute atomic E-state index is 12.7. The number of anilines is 1. The summed E-state index contributed by atoms with van der Waals surface area (Å²) in [4.78, 5) is 29.0. The number of aryl methyl sites for hydroxylation is 1. The van der Waals surface area contributed by atoms with Crippen molar-refractivity contribution in [1.29, 1.82) is 0 Å². The van der Waals surface area contributed by atoms with Gasteiger partial charge in [0, 0.05) is 4.47 Å². The lowest BCUT2D eigenvalue weighted by Crippen LogP contribution is -2.34. The van der Waals surface area contributed by atoms with Crippen LogP contribution < -0.4 is 15.4 Å². The molecule has 0 aliphatic heterocycles. The van der Waals surface area contributed by atoms with Crippen LogP contribution in [0.15, 0.2) is 34.8 Å². The summed E-state index contributed by atoms with van der Waals surface area (Å²) >= 11 is 9.96. The molecule has 0 spiro atoms. The maximum Gasteiger partial charge on any atom is 0.338 e. The molecule has 1 amide bonds. The first-order valence-electron chi connectivity index (χ1n) is 8.86. The average Bonchev–Trinajstić information content (AvgIpc) is 3.08. The van der Waals surface area contributed by atoms with E-state index in [1.54, 1.807) is 31.2 Å². The molecule has 3 aromatic rings. The summed E-state index contributed by atoms with van der Waals surface area (Å²) in [7, 11) is 1.51. The number of thiazole rings is 1. The van der Waals surface area contributed by atoms with E-state index in [4.69, 9.17) is 21.7 Å². The zero-order valence-electron chi connectivity index (χ0n) is 16.4. The highest BCUT2D eigenvalue weighted by Gasteiger charge is 2.17. The number of benzene rings is 2. The summed E-state index contributed by atoms with van der Waals surface area (Å²) in [5.41, 5.74) is 2.33. The molecule has 7 nitrogen and oxygen atoms in total. The number of nitrogens with zero attached hydrogens (tertiary/aromatic N) is 1. The van der Waals surface area contributed by atoms with Gasteiger partial charge in [-0.15, -0.1) is 0 Å². The van der Waals surface area contributed by atoms with Crippen LogP contribution >= 0.6 is 39.5 Å². The van der Waals surface area contributed by atoms with E-state index in [1.807, 2.05) is 13.0 Å². The lowest BCUT2D eigenvalue weighted by molar-refractivity contribution is 0.0526. The minimum Gasteiger partial charge on any atom is -0.496 e. The monoisotopic (exact) mass is 507 g/mol. The first-order valence-corrected chi connectivity index (χ1v) is 10.9. The number of hydrogen-bond donors (Lipinski definition) is 2. The number of aromatic nitrogens is 1. The highest BCUT2D eigenvalue weighted by molar-refractivity contribution is 9.10. The number of carbonyl (C=O) groups excluding carboxylic acids is 2. The van der Waals surface area contributed by atoms with Gasteiger partial charge in [0.2, 0.25) is 0 Å². The second-order valence-electron chi connectivity index (χ2n) is 6.13. The van der Waals surface area contributed by atoms with Crippen molar-refractivity contribution in [2.24, 2.45) is 0 Å². The van der Waals surface area contributed by atoms with Gasteiger partial charge in [0.25, 0.3) is 5.91 Å². The number of ether oxygens (including phenoxy) is 2. The number of methoxy groups -OCH3 is 1. The van der Waals surface area contributed by atoms with E-state index in [0.717, 1.165) is 14.7 Å². The number of hydrogen-bond acceptors (Lipinski definition) is 7. The Morgan fingerprint density at radius 2 is 2.03 bits per heavy atom. The molecule has 0 atom stereocenters.